The van der Waals surface area contributed by atoms with Crippen LogP contribution in [-0.2, 0) is 0 Å². The van der Waals surface area contributed by atoms with Crippen molar-refractivity contribution in [3.8, 4) is 0 Å². The summed E-state index contributed by atoms with van der Waals surface area (Å²) in [5.74, 6) is -0.707. The highest BCUT2D eigenvalue weighted by Gasteiger charge is 2.37. The Balaban J connectivity index is 1.72. The average molecular weight is 434 g/mol. The standard InChI is InChI=1S/C25H18N6O2/c26-30-29-12-9-10-13(11-12)31-17-8-4-2-6-15(17)19-21-20(24(32)28-25(21)33)18-14-5-1-3-7-16(14)27-22(18)23(19)31/h1-8,12-13,27H,9-11H2,(H,28,32,33)/t12-,13?/m0/s1. The molecule has 0 radical (unpaired) electrons. The smallest absolute Gasteiger partial charge is 0.259 e. The predicted molar refractivity (Wildman–Crippen MR) is 126 cm³/mol. The molecule has 33 heavy (non-hydrogen) atoms. The number of H-pyrrole nitrogens is 1. The number of fused-ring (bicyclic) bond motifs is 10. The number of carbonyl (C=O) groups is 2. The number of rotatable bonds is 2. The van der Waals surface area contributed by atoms with Crippen LogP contribution in [0.15, 0.2) is 53.6 Å². The number of hydrogen-bond donors (Lipinski definition) is 2. The molecule has 160 valence electrons. The predicted octanol–water partition coefficient (Wildman–Crippen LogP) is 5.72. The van der Waals surface area contributed by atoms with Gasteiger partial charge in [0.1, 0.15) is 0 Å². The maximum Gasteiger partial charge on any atom is 0.259 e. The highest BCUT2D eigenvalue weighted by atomic mass is 16.2. The summed E-state index contributed by atoms with van der Waals surface area (Å²) in [6, 6.07) is 16.0. The highest BCUT2D eigenvalue weighted by molar-refractivity contribution is 6.39. The third-order valence-corrected chi connectivity index (χ3v) is 7.24. The molecule has 0 saturated heterocycles. The van der Waals surface area contributed by atoms with Crippen molar-refractivity contribution in [1.29, 1.82) is 0 Å². The molecule has 3 aromatic carbocycles. The van der Waals surface area contributed by atoms with Gasteiger partial charge in [-0.15, -0.1) is 0 Å². The van der Waals surface area contributed by atoms with Crippen LogP contribution in [0.4, 0.5) is 0 Å². The van der Waals surface area contributed by atoms with Crippen LogP contribution in [0.1, 0.15) is 46.0 Å². The van der Waals surface area contributed by atoms with Crippen LogP contribution < -0.4 is 5.32 Å². The minimum absolute atomic E-state index is 0.0475. The van der Waals surface area contributed by atoms with Crippen molar-refractivity contribution in [3.63, 3.8) is 0 Å². The maximum absolute atomic E-state index is 13.1. The summed E-state index contributed by atoms with van der Waals surface area (Å²) in [6.45, 7) is 0. The Kier molecular flexibility index (Phi) is 3.53. The van der Waals surface area contributed by atoms with Crippen molar-refractivity contribution < 1.29 is 9.59 Å². The number of imide groups is 1. The van der Waals surface area contributed by atoms with E-state index in [0.29, 0.717) is 11.1 Å². The molecular weight excluding hydrogens is 416 g/mol. The van der Waals surface area contributed by atoms with Crippen LogP contribution in [0.3, 0.4) is 0 Å². The van der Waals surface area contributed by atoms with E-state index < -0.39 is 0 Å². The van der Waals surface area contributed by atoms with Gasteiger partial charge in [0.05, 0.1) is 22.2 Å². The molecule has 2 N–H and O–H groups in total. The van der Waals surface area contributed by atoms with Crippen molar-refractivity contribution in [2.45, 2.75) is 31.3 Å². The van der Waals surface area contributed by atoms with Crippen LogP contribution in [0.2, 0.25) is 0 Å². The summed E-state index contributed by atoms with van der Waals surface area (Å²) < 4.78 is 2.30. The van der Waals surface area contributed by atoms with Crippen molar-refractivity contribution in [3.05, 3.63) is 70.1 Å². The number of benzene rings is 3. The van der Waals surface area contributed by atoms with Gasteiger partial charge in [0.25, 0.3) is 11.8 Å². The molecule has 2 aromatic heterocycles. The molecule has 1 saturated carbocycles. The van der Waals surface area contributed by atoms with Crippen molar-refractivity contribution in [1.82, 2.24) is 14.9 Å². The number of para-hydroxylation sites is 2. The molecule has 2 amide bonds. The van der Waals surface area contributed by atoms with E-state index in [2.05, 4.69) is 31.0 Å². The van der Waals surface area contributed by atoms with E-state index in [1.54, 1.807) is 0 Å². The van der Waals surface area contributed by atoms with Gasteiger partial charge in [0.15, 0.2) is 0 Å². The van der Waals surface area contributed by atoms with Gasteiger partial charge >= 0.3 is 0 Å². The van der Waals surface area contributed by atoms with E-state index in [4.69, 9.17) is 5.53 Å². The fourth-order valence-corrected chi connectivity index (χ4v) is 6.00. The molecule has 3 heterocycles. The van der Waals surface area contributed by atoms with E-state index in [0.717, 1.165) is 62.9 Å². The van der Waals surface area contributed by atoms with Crippen LogP contribution in [0.25, 0.3) is 54.1 Å². The van der Waals surface area contributed by atoms with E-state index >= 15 is 0 Å². The number of azide groups is 1. The Bertz CT molecular complexity index is 1740. The zero-order valence-electron chi connectivity index (χ0n) is 17.5. The largest absolute Gasteiger partial charge is 0.353 e. The maximum atomic E-state index is 13.1. The number of nitrogens with zero attached hydrogens (tertiary/aromatic N) is 4. The molecule has 8 nitrogen and oxygen atoms in total. The lowest BCUT2D eigenvalue weighted by Crippen LogP contribution is -2.20. The summed E-state index contributed by atoms with van der Waals surface area (Å²) in [5, 5.41) is 9.95. The minimum atomic E-state index is -0.354. The first-order chi connectivity index (χ1) is 16.2. The Labute approximate surface area is 186 Å². The minimum Gasteiger partial charge on any atom is -0.353 e. The molecule has 1 aliphatic carbocycles. The van der Waals surface area contributed by atoms with Gasteiger partial charge in [-0.1, -0.05) is 41.5 Å². The van der Waals surface area contributed by atoms with Crippen molar-refractivity contribution in [2.75, 3.05) is 0 Å². The zero-order valence-corrected chi connectivity index (χ0v) is 17.5. The van der Waals surface area contributed by atoms with E-state index in [1.807, 2.05) is 42.5 Å². The second-order valence-electron chi connectivity index (χ2n) is 8.89. The third-order valence-electron chi connectivity index (χ3n) is 7.24. The first kappa shape index (κ1) is 18.3. The third kappa shape index (κ3) is 2.28. The van der Waals surface area contributed by atoms with Gasteiger partial charge < -0.3 is 9.55 Å². The summed E-state index contributed by atoms with van der Waals surface area (Å²) in [6.07, 6.45) is 2.44. The fraction of sp³-hybridized carbons (Fsp3) is 0.200. The van der Waals surface area contributed by atoms with Gasteiger partial charge in [-0.25, -0.2) is 0 Å². The van der Waals surface area contributed by atoms with Gasteiger partial charge in [0.2, 0.25) is 0 Å². The lowest BCUT2D eigenvalue weighted by molar-refractivity contribution is 0.0880. The normalized spacial score (nSPS) is 20.1. The quantitative estimate of drug-likeness (QED) is 0.160. The number of carbonyl (C=O) groups excluding carboxylic acids is 2. The number of hydrogen-bond acceptors (Lipinski definition) is 3. The molecule has 1 aliphatic heterocycles. The second kappa shape index (κ2) is 6.37. The summed E-state index contributed by atoms with van der Waals surface area (Å²) in [7, 11) is 0. The topological polar surface area (TPSA) is 116 Å². The highest BCUT2D eigenvalue weighted by Crippen LogP contribution is 2.46. The number of amides is 2. The van der Waals surface area contributed by atoms with Gasteiger partial charge in [0, 0.05) is 49.6 Å². The first-order valence-corrected chi connectivity index (χ1v) is 11.1. The lowest BCUT2D eigenvalue weighted by atomic mass is 9.96. The fourth-order valence-electron chi connectivity index (χ4n) is 6.00. The Hall–Kier alpha value is -4.29. The van der Waals surface area contributed by atoms with Crippen molar-refractivity contribution >= 4 is 55.4 Å². The molecule has 7 rings (SSSR count). The summed E-state index contributed by atoms with van der Waals surface area (Å²) in [4.78, 5) is 32.7. The molecule has 2 aliphatic rings. The summed E-state index contributed by atoms with van der Waals surface area (Å²) in [5.41, 5.74) is 13.6. The van der Waals surface area contributed by atoms with Gasteiger partial charge in [-0.3, -0.25) is 14.9 Å². The lowest BCUT2D eigenvalue weighted by Gasteiger charge is -2.16. The van der Waals surface area contributed by atoms with Crippen LogP contribution in [0.5, 0.6) is 0 Å². The summed E-state index contributed by atoms with van der Waals surface area (Å²) >= 11 is 0. The van der Waals surface area contributed by atoms with E-state index in [-0.39, 0.29) is 23.9 Å². The molecule has 0 bridgehead atoms. The van der Waals surface area contributed by atoms with Crippen molar-refractivity contribution in [2.24, 2.45) is 5.11 Å². The van der Waals surface area contributed by atoms with E-state index in [9.17, 15) is 9.59 Å². The molecule has 5 aromatic rings. The Morgan fingerprint density at radius 2 is 1.67 bits per heavy atom. The zero-order chi connectivity index (χ0) is 22.3. The number of aromatic amines is 1. The first-order valence-electron chi connectivity index (χ1n) is 11.1. The van der Waals surface area contributed by atoms with Crippen LogP contribution >= 0.6 is 0 Å². The Morgan fingerprint density at radius 3 is 2.48 bits per heavy atom. The number of aromatic nitrogens is 2. The Morgan fingerprint density at radius 1 is 0.939 bits per heavy atom. The van der Waals surface area contributed by atoms with Gasteiger partial charge in [-0.05, 0) is 36.9 Å². The second-order valence-corrected chi connectivity index (χ2v) is 8.89. The monoisotopic (exact) mass is 434 g/mol. The molecule has 0 spiro atoms. The van der Waals surface area contributed by atoms with Crippen LogP contribution in [-0.4, -0.2) is 27.4 Å². The molecule has 1 unspecified atom stereocenters. The molecular formula is C25H18N6O2. The SMILES string of the molecule is [N-]=[N+]=N[C@H]1CCC(n2c3ccccc3c3c4c(c5c6ccccc6[nH]c5c32)C(=O)NC4=O)C1. The van der Waals surface area contributed by atoms with Gasteiger partial charge in [-0.2, -0.15) is 0 Å². The molecule has 1 fully saturated rings. The number of nitrogens with one attached hydrogen (secondary N) is 2. The molecule has 8 heteroatoms. The average Bonchev–Trinajstić information content (AvgIpc) is 3.56. The van der Waals surface area contributed by atoms with E-state index in [1.165, 1.54) is 0 Å². The molecule has 2 atom stereocenters. The van der Waals surface area contributed by atoms with Crippen LogP contribution in [0, 0.1) is 0 Å².